The average molecular weight is 689 g/mol. The predicted octanol–water partition coefficient (Wildman–Crippen LogP) is 12.9. The summed E-state index contributed by atoms with van der Waals surface area (Å²) in [6, 6.07) is 28.4. The van der Waals surface area contributed by atoms with Gasteiger partial charge in [0.05, 0.1) is 16.8 Å². The van der Waals surface area contributed by atoms with Crippen LogP contribution in [0.3, 0.4) is 0 Å². The monoisotopic (exact) mass is 688 g/mol. The van der Waals surface area contributed by atoms with Crippen LogP contribution >= 0.6 is 11.8 Å². The van der Waals surface area contributed by atoms with Gasteiger partial charge in [-0.05, 0) is 125 Å². The third kappa shape index (κ3) is 6.51. The number of alkyl halides is 3. The Morgan fingerprint density at radius 1 is 0.700 bits per heavy atom. The zero-order valence-electron chi connectivity index (χ0n) is 29.3. The van der Waals surface area contributed by atoms with E-state index in [0.717, 1.165) is 65.3 Å². The Kier molecular flexibility index (Phi) is 8.33. The van der Waals surface area contributed by atoms with Gasteiger partial charge in [0.2, 0.25) is 0 Å². The molecule has 50 heavy (non-hydrogen) atoms. The number of halogens is 3. The van der Waals surface area contributed by atoms with Crippen LogP contribution in [0.4, 0.5) is 13.2 Å². The first-order chi connectivity index (χ1) is 23.6. The Balaban J connectivity index is 1.26. The molecule has 7 rings (SSSR count). The van der Waals surface area contributed by atoms with E-state index < -0.39 is 11.6 Å². The summed E-state index contributed by atoms with van der Waals surface area (Å²) >= 11 is 1.57. The maximum absolute atomic E-state index is 13.9. The molecule has 0 unspecified atom stereocenters. The molecule has 0 bridgehead atoms. The van der Waals surface area contributed by atoms with Gasteiger partial charge in [-0.1, -0.05) is 70.6 Å². The summed E-state index contributed by atoms with van der Waals surface area (Å²) in [5.74, 6) is 1.40. The van der Waals surface area contributed by atoms with Crippen LogP contribution in [0.15, 0.2) is 107 Å². The van der Waals surface area contributed by atoms with Crippen LogP contribution in [-0.2, 0) is 11.8 Å². The van der Waals surface area contributed by atoms with E-state index in [4.69, 9.17) is 9.72 Å². The number of pyridine rings is 2. The van der Waals surface area contributed by atoms with Crippen molar-refractivity contribution in [3.8, 4) is 45.1 Å². The van der Waals surface area contributed by atoms with Gasteiger partial charge in [0.25, 0.3) is 0 Å². The van der Waals surface area contributed by atoms with Crippen LogP contribution in [0, 0.1) is 19.3 Å². The SMILES string of the molecule is Cc1cc(Oc2cc(C)cc(-c3nccc4c3Sc3cc(CC(C)(C)C(F)(F)F)cc5cccc-4c35)c2)cc(-c2cc(C(C)(C)C)ccn2)c1. The van der Waals surface area contributed by atoms with Gasteiger partial charge < -0.3 is 4.74 Å². The first kappa shape index (κ1) is 33.9. The van der Waals surface area contributed by atoms with Crippen molar-refractivity contribution in [3.63, 3.8) is 0 Å². The van der Waals surface area contributed by atoms with E-state index >= 15 is 0 Å². The topological polar surface area (TPSA) is 35.0 Å². The van der Waals surface area contributed by atoms with Crippen LogP contribution in [0.1, 0.15) is 56.9 Å². The average Bonchev–Trinajstić information content (AvgIpc) is 3.03. The number of aryl methyl sites for hydroxylation is 2. The number of hydrogen-bond donors (Lipinski definition) is 0. The lowest BCUT2D eigenvalue weighted by molar-refractivity contribution is -0.211. The molecule has 1 aliphatic rings. The second kappa shape index (κ2) is 12.3. The normalized spacial score (nSPS) is 13.0. The van der Waals surface area contributed by atoms with Crippen LogP contribution in [0.25, 0.3) is 44.4 Å². The van der Waals surface area contributed by atoms with E-state index in [9.17, 15) is 13.2 Å². The lowest BCUT2D eigenvalue weighted by Crippen LogP contribution is -2.34. The smallest absolute Gasteiger partial charge is 0.394 e. The van der Waals surface area contributed by atoms with E-state index in [-0.39, 0.29) is 11.8 Å². The quantitative estimate of drug-likeness (QED) is 0.174. The van der Waals surface area contributed by atoms with E-state index in [2.05, 4.69) is 63.0 Å². The summed E-state index contributed by atoms with van der Waals surface area (Å²) in [6.07, 6.45) is -0.724. The molecule has 0 N–H and O–H groups in total. The van der Waals surface area contributed by atoms with E-state index in [0.29, 0.717) is 17.1 Å². The maximum atomic E-state index is 13.9. The van der Waals surface area contributed by atoms with Gasteiger partial charge in [0.15, 0.2) is 0 Å². The largest absolute Gasteiger partial charge is 0.457 e. The van der Waals surface area contributed by atoms with E-state index in [1.165, 1.54) is 19.4 Å². The van der Waals surface area contributed by atoms with Crippen molar-refractivity contribution in [1.29, 1.82) is 0 Å². The first-order valence-electron chi connectivity index (χ1n) is 16.7. The van der Waals surface area contributed by atoms with Crippen molar-refractivity contribution >= 4 is 22.5 Å². The molecule has 254 valence electrons. The molecule has 0 saturated heterocycles. The van der Waals surface area contributed by atoms with Crippen LogP contribution in [0.2, 0.25) is 0 Å². The summed E-state index contributed by atoms with van der Waals surface area (Å²) < 4.78 is 48.2. The maximum Gasteiger partial charge on any atom is 0.394 e. The second-order valence-electron chi connectivity index (χ2n) is 15.0. The van der Waals surface area contributed by atoms with Gasteiger partial charge >= 0.3 is 6.18 Å². The van der Waals surface area contributed by atoms with Crippen molar-refractivity contribution in [3.05, 3.63) is 120 Å². The zero-order valence-corrected chi connectivity index (χ0v) is 30.1. The molecule has 3 nitrogen and oxygen atoms in total. The van der Waals surface area contributed by atoms with Gasteiger partial charge in [0, 0.05) is 38.7 Å². The Hall–Kier alpha value is -4.62. The molecular formula is C43H39F3N2OS. The highest BCUT2D eigenvalue weighted by atomic mass is 32.2. The van der Waals surface area contributed by atoms with Gasteiger partial charge in [0.1, 0.15) is 11.5 Å². The number of rotatable bonds is 6. The standard InChI is InChI=1S/C43H39F3N2OS/c1-25-15-29(36-23-31(11-13-47-36)41(3,4)5)21-32(17-25)49-33-18-26(2)16-30(22-33)39-40-35(12-14-48-39)34-10-8-9-28-19-27(20-37(50-40)38(28)34)24-42(6,7)43(44,45)46/h8-23H,24H2,1-7H3. The first-order valence-corrected chi connectivity index (χ1v) is 17.6. The number of nitrogens with zero attached hydrogens (tertiary/aromatic N) is 2. The fourth-order valence-electron chi connectivity index (χ4n) is 6.63. The molecule has 0 aliphatic carbocycles. The molecule has 6 aromatic rings. The number of benzene rings is 4. The molecule has 0 radical (unpaired) electrons. The summed E-state index contributed by atoms with van der Waals surface area (Å²) in [6.45, 7) is 13.2. The molecule has 0 atom stereocenters. The molecule has 7 heteroatoms. The molecule has 0 spiro atoms. The molecular weight excluding hydrogens is 650 g/mol. The van der Waals surface area contributed by atoms with Crippen molar-refractivity contribution < 1.29 is 17.9 Å². The number of aromatic nitrogens is 2. The minimum absolute atomic E-state index is 0.00265. The molecule has 0 saturated carbocycles. The predicted molar refractivity (Wildman–Crippen MR) is 198 cm³/mol. The van der Waals surface area contributed by atoms with Crippen LogP contribution in [-0.4, -0.2) is 16.1 Å². The molecule has 0 amide bonds. The lowest BCUT2D eigenvalue weighted by atomic mass is 9.84. The third-order valence-corrected chi connectivity index (χ3v) is 10.5. The fourth-order valence-corrected chi connectivity index (χ4v) is 7.95. The highest BCUT2D eigenvalue weighted by Gasteiger charge is 2.47. The van der Waals surface area contributed by atoms with Crippen molar-refractivity contribution in [2.75, 3.05) is 0 Å². The van der Waals surface area contributed by atoms with E-state index in [1.54, 1.807) is 11.8 Å². The van der Waals surface area contributed by atoms with Crippen molar-refractivity contribution in [2.45, 2.75) is 76.3 Å². The molecule has 3 heterocycles. The summed E-state index contributed by atoms with van der Waals surface area (Å²) in [7, 11) is 0. The molecule has 2 aromatic heterocycles. The van der Waals surface area contributed by atoms with Crippen molar-refractivity contribution in [2.24, 2.45) is 5.41 Å². The Morgan fingerprint density at radius 3 is 2.08 bits per heavy atom. The number of fused-ring (bicyclic) bond motifs is 2. The highest BCUT2D eigenvalue weighted by Crippen LogP contribution is 2.52. The van der Waals surface area contributed by atoms with Crippen molar-refractivity contribution in [1.82, 2.24) is 9.97 Å². The number of hydrogen-bond acceptors (Lipinski definition) is 4. The van der Waals surface area contributed by atoms with Gasteiger partial charge in [-0.25, -0.2) is 0 Å². The van der Waals surface area contributed by atoms with Gasteiger partial charge in [-0.2, -0.15) is 13.2 Å². The summed E-state index contributed by atoms with van der Waals surface area (Å²) in [5.41, 5.74) is 7.81. The Bertz CT molecular complexity index is 2280. The fraction of sp³-hybridized carbons (Fsp3) is 0.256. The van der Waals surface area contributed by atoms with Crippen LogP contribution in [0.5, 0.6) is 11.5 Å². The molecule has 0 fully saturated rings. The Morgan fingerprint density at radius 2 is 1.38 bits per heavy atom. The third-order valence-electron chi connectivity index (χ3n) is 9.35. The summed E-state index contributed by atoms with van der Waals surface area (Å²) in [4.78, 5) is 11.4. The van der Waals surface area contributed by atoms with E-state index in [1.807, 2.05) is 73.9 Å². The lowest BCUT2D eigenvalue weighted by Gasteiger charge is -2.29. The second-order valence-corrected chi connectivity index (χ2v) is 16.1. The van der Waals surface area contributed by atoms with Gasteiger partial charge in [-0.3, -0.25) is 9.97 Å². The highest BCUT2D eigenvalue weighted by molar-refractivity contribution is 8.00. The van der Waals surface area contributed by atoms with Crippen LogP contribution < -0.4 is 4.74 Å². The number of ether oxygens (including phenoxy) is 1. The minimum atomic E-state index is -4.31. The zero-order chi connectivity index (χ0) is 35.6. The molecule has 1 aliphatic heterocycles. The summed E-state index contributed by atoms with van der Waals surface area (Å²) in [5, 5.41) is 2.00. The molecule has 4 aromatic carbocycles. The minimum Gasteiger partial charge on any atom is -0.457 e. The Labute approximate surface area is 296 Å². The van der Waals surface area contributed by atoms with Gasteiger partial charge in [-0.15, -0.1) is 0 Å².